The van der Waals surface area contributed by atoms with Gasteiger partial charge in [-0.3, -0.25) is 9.59 Å². The molecule has 30 heavy (non-hydrogen) atoms. The van der Waals surface area contributed by atoms with Gasteiger partial charge < -0.3 is 14.5 Å². The molecule has 1 aliphatic rings. The number of piperazine rings is 1. The van der Waals surface area contributed by atoms with Crippen LogP contribution in [-0.2, 0) is 6.61 Å². The molecular weight excluding hydrogens is 376 g/mol. The SMILES string of the molecule is O=C(c1ccccc1)N1CCN(C(=O)c2ccc(COc3ccccc3)cc2)CC1. The highest BCUT2D eigenvalue weighted by Gasteiger charge is 2.25. The first-order chi connectivity index (χ1) is 14.7. The fourth-order valence-electron chi connectivity index (χ4n) is 3.49. The van der Waals surface area contributed by atoms with Gasteiger partial charge in [-0.15, -0.1) is 0 Å². The standard InChI is InChI=1S/C25H24N2O3/c28-24(21-7-3-1-4-8-21)26-15-17-27(18-16-26)25(29)22-13-11-20(12-14-22)19-30-23-9-5-2-6-10-23/h1-14H,15-19H2. The Bertz CT molecular complexity index is 980. The van der Waals surface area contributed by atoms with Crippen molar-refractivity contribution < 1.29 is 14.3 Å². The van der Waals surface area contributed by atoms with E-state index in [1.54, 1.807) is 0 Å². The molecule has 0 radical (unpaired) electrons. The number of amides is 2. The van der Waals surface area contributed by atoms with Crippen molar-refractivity contribution in [1.82, 2.24) is 9.80 Å². The van der Waals surface area contributed by atoms with Crippen molar-refractivity contribution in [2.24, 2.45) is 0 Å². The van der Waals surface area contributed by atoms with Crippen LogP contribution in [0.1, 0.15) is 26.3 Å². The van der Waals surface area contributed by atoms with E-state index in [4.69, 9.17) is 4.74 Å². The molecule has 0 bridgehead atoms. The third-order valence-electron chi connectivity index (χ3n) is 5.22. The van der Waals surface area contributed by atoms with E-state index >= 15 is 0 Å². The van der Waals surface area contributed by atoms with E-state index in [1.807, 2.05) is 94.7 Å². The minimum Gasteiger partial charge on any atom is -0.489 e. The van der Waals surface area contributed by atoms with E-state index in [1.165, 1.54) is 0 Å². The number of hydrogen-bond acceptors (Lipinski definition) is 3. The highest BCUT2D eigenvalue weighted by molar-refractivity contribution is 5.96. The Hall–Kier alpha value is -3.60. The zero-order valence-corrected chi connectivity index (χ0v) is 16.7. The first-order valence-corrected chi connectivity index (χ1v) is 10.1. The number of nitrogens with zero attached hydrogens (tertiary/aromatic N) is 2. The molecule has 0 aromatic heterocycles. The van der Waals surface area contributed by atoms with Crippen LogP contribution in [0.25, 0.3) is 0 Å². The molecule has 5 nitrogen and oxygen atoms in total. The number of hydrogen-bond donors (Lipinski definition) is 0. The number of carbonyl (C=O) groups is 2. The van der Waals surface area contributed by atoms with Crippen LogP contribution in [0.2, 0.25) is 0 Å². The summed E-state index contributed by atoms with van der Waals surface area (Å²) >= 11 is 0. The smallest absolute Gasteiger partial charge is 0.253 e. The molecule has 0 N–H and O–H groups in total. The second-order valence-electron chi connectivity index (χ2n) is 7.25. The Morgan fingerprint density at radius 1 is 0.633 bits per heavy atom. The molecule has 3 aromatic rings. The van der Waals surface area contributed by atoms with Crippen LogP contribution in [0.5, 0.6) is 5.75 Å². The molecule has 1 aliphatic heterocycles. The average molecular weight is 400 g/mol. The summed E-state index contributed by atoms with van der Waals surface area (Å²) in [6.45, 7) is 2.62. The summed E-state index contributed by atoms with van der Waals surface area (Å²) < 4.78 is 5.75. The number of benzene rings is 3. The summed E-state index contributed by atoms with van der Waals surface area (Å²) in [5, 5.41) is 0. The van der Waals surface area contributed by atoms with Crippen LogP contribution in [-0.4, -0.2) is 47.8 Å². The molecule has 1 heterocycles. The molecule has 152 valence electrons. The lowest BCUT2D eigenvalue weighted by atomic mass is 10.1. The summed E-state index contributed by atoms with van der Waals surface area (Å²) in [6.07, 6.45) is 0. The van der Waals surface area contributed by atoms with E-state index < -0.39 is 0 Å². The van der Waals surface area contributed by atoms with Crippen molar-refractivity contribution in [3.63, 3.8) is 0 Å². The summed E-state index contributed by atoms with van der Waals surface area (Å²) in [4.78, 5) is 29.0. The maximum atomic E-state index is 12.8. The number of ether oxygens (including phenoxy) is 1. The predicted molar refractivity (Wildman–Crippen MR) is 115 cm³/mol. The van der Waals surface area contributed by atoms with Gasteiger partial charge in [0.05, 0.1) is 0 Å². The minimum atomic E-state index is -0.00246. The fourth-order valence-corrected chi connectivity index (χ4v) is 3.49. The first-order valence-electron chi connectivity index (χ1n) is 10.1. The molecule has 1 saturated heterocycles. The van der Waals surface area contributed by atoms with Crippen molar-refractivity contribution >= 4 is 11.8 Å². The van der Waals surface area contributed by atoms with E-state index in [0.29, 0.717) is 43.9 Å². The van der Waals surface area contributed by atoms with Crippen molar-refractivity contribution in [3.8, 4) is 5.75 Å². The Morgan fingerprint density at radius 3 is 1.63 bits per heavy atom. The third kappa shape index (κ3) is 4.69. The summed E-state index contributed by atoms with van der Waals surface area (Å²) in [6, 6.07) is 26.4. The van der Waals surface area contributed by atoms with Gasteiger partial charge in [0.15, 0.2) is 0 Å². The predicted octanol–water partition coefficient (Wildman–Crippen LogP) is 3.86. The lowest BCUT2D eigenvalue weighted by Crippen LogP contribution is -2.50. The number of rotatable bonds is 5. The van der Waals surface area contributed by atoms with Gasteiger partial charge in [-0.2, -0.15) is 0 Å². The third-order valence-corrected chi connectivity index (χ3v) is 5.22. The lowest BCUT2D eigenvalue weighted by molar-refractivity contribution is 0.0535. The summed E-state index contributed by atoms with van der Waals surface area (Å²) in [5.74, 6) is 0.836. The van der Waals surface area contributed by atoms with Gasteiger partial charge in [0.1, 0.15) is 12.4 Å². The molecule has 0 atom stereocenters. The van der Waals surface area contributed by atoms with Gasteiger partial charge in [-0.25, -0.2) is 0 Å². The van der Waals surface area contributed by atoms with Gasteiger partial charge in [-0.1, -0.05) is 48.5 Å². The van der Waals surface area contributed by atoms with Crippen LogP contribution < -0.4 is 4.74 Å². The Labute approximate surface area is 176 Å². The van der Waals surface area contributed by atoms with Crippen LogP contribution in [0, 0.1) is 0 Å². The highest BCUT2D eigenvalue weighted by Crippen LogP contribution is 2.15. The van der Waals surface area contributed by atoms with E-state index in [0.717, 1.165) is 11.3 Å². The maximum Gasteiger partial charge on any atom is 0.253 e. The van der Waals surface area contributed by atoms with E-state index in [9.17, 15) is 9.59 Å². The average Bonchev–Trinajstić information content (AvgIpc) is 2.83. The zero-order valence-electron chi connectivity index (χ0n) is 16.7. The van der Waals surface area contributed by atoms with Crippen LogP contribution in [0.4, 0.5) is 0 Å². The second kappa shape index (κ2) is 9.27. The van der Waals surface area contributed by atoms with Crippen molar-refractivity contribution in [2.45, 2.75) is 6.61 Å². The molecule has 2 amide bonds. The Morgan fingerprint density at radius 2 is 1.10 bits per heavy atom. The van der Waals surface area contributed by atoms with Gasteiger partial charge in [0, 0.05) is 37.3 Å². The lowest BCUT2D eigenvalue weighted by Gasteiger charge is -2.35. The normalized spacial score (nSPS) is 13.7. The van der Waals surface area contributed by atoms with Crippen LogP contribution >= 0.6 is 0 Å². The Balaban J connectivity index is 1.30. The van der Waals surface area contributed by atoms with Gasteiger partial charge >= 0.3 is 0 Å². The zero-order chi connectivity index (χ0) is 20.8. The second-order valence-corrected chi connectivity index (χ2v) is 7.25. The fraction of sp³-hybridized carbons (Fsp3) is 0.200. The van der Waals surface area contributed by atoms with Crippen molar-refractivity contribution in [2.75, 3.05) is 26.2 Å². The topological polar surface area (TPSA) is 49.9 Å². The molecular formula is C25H24N2O3. The molecule has 0 unspecified atom stereocenters. The molecule has 4 rings (SSSR count). The largest absolute Gasteiger partial charge is 0.489 e. The van der Waals surface area contributed by atoms with E-state index in [2.05, 4.69) is 0 Å². The summed E-state index contributed by atoms with van der Waals surface area (Å²) in [5.41, 5.74) is 2.35. The van der Waals surface area contributed by atoms with Gasteiger partial charge in [-0.05, 0) is 42.0 Å². The van der Waals surface area contributed by atoms with Crippen molar-refractivity contribution in [1.29, 1.82) is 0 Å². The van der Waals surface area contributed by atoms with Crippen LogP contribution in [0.15, 0.2) is 84.9 Å². The Kier molecular flexibility index (Phi) is 6.09. The molecule has 3 aromatic carbocycles. The first kappa shape index (κ1) is 19.7. The number of carbonyl (C=O) groups excluding carboxylic acids is 2. The monoisotopic (exact) mass is 400 g/mol. The maximum absolute atomic E-state index is 12.8. The minimum absolute atomic E-state index is 0.00246. The molecule has 0 saturated carbocycles. The highest BCUT2D eigenvalue weighted by atomic mass is 16.5. The van der Waals surface area contributed by atoms with Gasteiger partial charge in [0.2, 0.25) is 0 Å². The summed E-state index contributed by atoms with van der Waals surface area (Å²) in [7, 11) is 0. The molecule has 1 fully saturated rings. The molecule has 5 heteroatoms. The van der Waals surface area contributed by atoms with Gasteiger partial charge in [0.25, 0.3) is 11.8 Å². The number of para-hydroxylation sites is 1. The molecule has 0 aliphatic carbocycles. The quantitative estimate of drug-likeness (QED) is 0.653. The van der Waals surface area contributed by atoms with E-state index in [-0.39, 0.29) is 11.8 Å². The molecule has 0 spiro atoms. The van der Waals surface area contributed by atoms with Crippen LogP contribution in [0.3, 0.4) is 0 Å². The van der Waals surface area contributed by atoms with Crippen molar-refractivity contribution in [3.05, 3.63) is 102 Å².